The van der Waals surface area contributed by atoms with Crippen LogP contribution >= 0.6 is 11.6 Å². The third-order valence-corrected chi connectivity index (χ3v) is 4.23. The van der Waals surface area contributed by atoms with Gasteiger partial charge in [0, 0.05) is 25.5 Å². The standard InChI is InChI=1S/C13H16ClN3O/c1-9-10(12(14)17(2)16-9)7-13(8-15)6-4-3-5-11(13)18/h3-7H2,1-2H3. The second-order valence-corrected chi connectivity index (χ2v) is 5.34. The number of hydrogen-bond donors (Lipinski definition) is 0. The van der Waals surface area contributed by atoms with Crippen LogP contribution < -0.4 is 0 Å². The zero-order valence-corrected chi connectivity index (χ0v) is 11.4. The fourth-order valence-corrected chi connectivity index (χ4v) is 2.85. The van der Waals surface area contributed by atoms with Gasteiger partial charge in [-0.1, -0.05) is 18.0 Å². The highest BCUT2D eigenvalue weighted by Crippen LogP contribution is 2.38. The number of halogens is 1. The quantitative estimate of drug-likeness (QED) is 0.826. The number of rotatable bonds is 2. The maximum Gasteiger partial charge on any atom is 0.153 e. The Bertz CT molecular complexity index is 529. The molecule has 96 valence electrons. The maximum atomic E-state index is 12.1. The van der Waals surface area contributed by atoms with Gasteiger partial charge in [0.2, 0.25) is 0 Å². The van der Waals surface area contributed by atoms with Crippen LogP contribution in [-0.4, -0.2) is 15.6 Å². The summed E-state index contributed by atoms with van der Waals surface area (Å²) in [5, 5.41) is 14.2. The smallest absolute Gasteiger partial charge is 0.153 e. The lowest BCUT2D eigenvalue weighted by Crippen LogP contribution is -2.35. The third kappa shape index (κ3) is 2.04. The van der Waals surface area contributed by atoms with Gasteiger partial charge >= 0.3 is 0 Å². The molecule has 4 nitrogen and oxygen atoms in total. The van der Waals surface area contributed by atoms with E-state index in [4.69, 9.17) is 11.6 Å². The molecule has 1 aliphatic carbocycles. The number of carbonyl (C=O) groups is 1. The predicted molar refractivity (Wildman–Crippen MR) is 68.2 cm³/mol. The molecule has 2 rings (SSSR count). The minimum Gasteiger partial charge on any atom is -0.298 e. The Labute approximate surface area is 112 Å². The summed E-state index contributed by atoms with van der Waals surface area (Å²) in [6, 6.07) is 2.23. The number of aromatic nitrogens is 2. The first kappa shape index (κ1) is 13.1. The van der Waals surface area contributed by atoms with Crippen molar-refractivity contribution in [2.75, 3.05) is 0 Å². The van der Waals surface area contributed by atoms with E-state index < -0.39 is 5.41 Å². The normalized spacial score (nSPS) is 24.0. The number of ketones is 1. The lowest BCUT2D eigenvalue weighted by molar-refractivity contribution is -0.128. The third-order valence-electron chi connectivity index (χ3n) is 3.75. The summed E-state index contributed by atoms with van der Waals surface area (Å²) in [6.45, 7) is 1.86. The van der Waals surface area contributed by atoms with Crippen molar-refractivity contribution in [2.45, 2.75) is 39.0 Å². The number of hydrogen-bond acceptors (Lipinski definition) is 3. The molecule has 0 aromatic carbocycles. The van der Waals surface area contributed by atoms with Crippen LogP contribution in [0.25, 0.3) is 0 Å². The number of aryl methyl sites for hydroxylation is 2. The molecule has 1 unspecified atom stereocenters. The molecule has 1 heterocycles. The Morgan fingerprint density at radius 3 is 2.78 bits per heavy atom. The van der Waals surface area contributed by atoms with Gasteiger partial charge in [-0.15, -0.1) is 0 Å². The Morgan fingerprint density at radius 1 is 1.56 bits per heavy atom. The average molecular weight is 266 g/mol. The van der Waals surface area contributed by atoms with Gasteiger partial charge in [-0.3, -0.25) is 9.48 Å². The van der Waals surface area contributed by atoms with Gasteiger partial charge in [0.1, 0.15) is 10.6 Å². The molecule has 0 spiro atoms. The Hall–Kier alpha value is -1.34. The molecule has 1 aliphatic rings. The Kier molecular flexibility index (Phi) is 3.45. The summed E-state index contributed by atoms with van der Waals surface area (Å²) in [5.74, 6) is 0.0515. The van der Waals surface area contributed by atoms with Gasteiger partial charge in [0.05, 0.1) is 11.8 Å². The SMILES string of the molecule is Cc1nn(C)c(Cl)c1CC1(C#N)CCCCC1=O. The molecule has 1 aromatic heterocycles. The summed E-state index contributed by atoms with van der Waals surface area (Å²) in [6.07, 6.45) is 3.34. The van der Waals surface area contributed by atoms with E-state index in [1.165, 1.54) is 0 Å². The van der Waals surface area contributed by atoms with Crippen molar-refractivity contribution in [3.8, 4) is 6.07 Å². The van der Waals surface area contributed by atoms with Crippen molar-refractivity contribution in [1.29, 1.82) is 5.26 Å². The number of carbonyl (C=O) groups excluding carboxylic acids is 1. The number of nitrogens with zero attached hydrogens (tertiary/aromatic N) is 3. The average Bonchev–Trinajstić information content (AvgIpc) is 2.59. The zero-order valence-electron chi connectivity index (χ0n) is 10.7. The van der Waals surface area contributed by atoms with E-state index in [1.54, 1.807) is 11.7 Å². The van der Waals surface area contributed by atoms with E-state index in [0.717, 1.165) is 24.1 Å². The van der Waals surface area contributed by atoms with Crippen LogP contribution in [0.2, 0.25) is 5.15 Å². The lowest BCUT2D eigenvalue weighted by atomic mass is 9.70. The highest BCUT2D eigenvalue weighted by atomic mass is 35.5. The van der Waals surface area contributed by atoms with E-state index >= 15 is 0 Å². The molecule has 0 saturated heterocycles. The highest BCUT2D eigenvalue weighted by molar-refractivity contribution is 6.30. The van der Waals surface area contributed by atoms with Crippen molar-refractivity contribution in [3.05, 3.63) is 16.4 Å². The maximum absolute atomic E-state index is 12.1. The zero-order chi connectivity index (χ0) is 13.3. The van der Waals surface area contributed by atoms with E-state index in [0.29, 0.717) is 24.4 Å². The van der Waals surface area contributed by atoms with Crippen LogP contribution in [-0.2, 0) is 18.3 Å². The van der Waals surface area contributed by atoms with Gasteiger partial charge in [-0.2, -0.15) is 10.4 Å². The van der Waals surface area contributed by atoms with Crippen LogP contribution in [0, 0.1) is 23.7 Å². The summed E-state index contributed by atoms with van der Waals surface area (Å²) >= 11 is 6.18. The molecular formula is C13H16ClN3O. The Balaban J connectivity index is 2.36. The van der Waals surface area contributed by atoms with Crippen LogP contribution in [0.15, 0.2) is 0 Å². The van der Waals surface area contributed by atoms with E-state index in [2.05, 4.69) is 11.2 Å². The number of Topliss-reactive ketones (excluding diaryl/α,β-unsaturated/α-hetero) is 1. The number of nitriles is 1. The van der Waals surface area contributed by atoms with E-state index in [9.17, 15) is 10.1 Å². The molecule has 0 bridgehead atoms. The van der Waals surface area contributed by atoms with Crippen molar-refractivity contribution in [3.63, 3.8) is 0 Å². The fraction of sp³-hybridized carbons (Fsp3) is 0.615. The summed E-state index contributed by atoms with van der Waals surface area (Å²) in [7, 11) is 1.76. The molecule has 1 saturated carbocycles. The second-order valence-electron chi connectivity index (χ2n) is 4.98. The summed E-state index contributed by atoms with van der Waals surface area (Å²) in [5.41, 5.74) is 0.738. The van der Waals surface area contributed by atoms with Crippen molar-refractivity contribution >= 4 is 17.4 Å². The molecule has 18 heavy (non-hydrogen) atoms. The van der Waals surface area contributed by atoms with Crippen LogP contribution in [0.4, 0.5) is 0 Å². The molecule has 5 heteroatoms. The molecule has 0 aliphatic heterocycles. The molecular weight excluding hydrogens is 250 g/mol. The van der Waals surface area contributed by atoms with Gasteiger partial charge < -0.3 is 0 Å². The van der Waals surface area contributed by atoms with Crippen LogP contribution in [0.1, 0.15) is 36.9 Å². The van der Waals surface area contributed by atoms with Crippen LogP contribution in [0.5, 0.6) is 0 Å². The molecule has 1 fully saturated rings. The molecule has 0 amide bonds. The Morgan fingerprint density at radius 2 is 2.28 bits per heavy atom. The summed E-state index contributed by atoms with van der Waals surface area (Å²) < 4.78 is 1.59. The van der Waals surface area contributed by atoms with E-state index in [1.807, 2.05) is 6.92 Å². The van der Waals surface area contributed by atoms with Gasteiger partial charge in [0.25, 0.3) is 0 Å². The first-order valence-electron chi connectivity index (χ1n) is 6.13. The van der Waals surface area contributed by atoms with E-state index in [-0.39, 0.29) is 5.78 Å². The van der Waals surface area contributed by atoms with Gasteiger partial charge in [-0.25, -0.2) is 0 Å². The minimum atomic E-state index is -0.893. The molecule has 0 N–H and O–H groups in total. The fourth-order valence-electron chi connectivity index (χ4n) is 2.61. The molecule has 0 radical (unpaired) electrons. The first-order chi connectivity index (χ1) is 8.50. The summed E-state index contributed by atoms with van der Waals surface area (Å²) in [4.78, 5) is 12.1. The predicted octanol–water partition coefficient (Wildman–Crippen LogP) is 2.58. The highest BCUT2D eigenvalue weighted by Gasteiger charge is 2.41. The largest absolute Gasteiger partial charge is 0.298 e. The van der Waals surface area contributed by atoms with Crippen molar-refractivity contribution in [2.24, 2.45) is 12.5 Å². The lowest BCUT2D eigenvalue weighted by Gasteiger charge is -2.29. The van der Waals surface area contributed by atoms with Gasteiger partial charge in [0.15, 0.2) is 5.78 Å². The van der Waals surface area contributed by atoms with Crippen molar-refractivity contribution in [1.82, 2.24) is 9.78 Å². The minimum absolute atomic E-state index is 0.0515. The van der Waals surface area contributed by atoms with Gasteiger partial charge in [-0.05, 0) is 19.8 Å². The molecule has 1 aromatic rings. The topological polar surface area (TPSA) is 58.7 Å². The van der Waals surface area contributed by atoms with Crippen molar-refractivity contribution < 1.29 is 4.79 Å². The molecule has 1 atom stereocenters. The first-order valence-corrected chi connectivity index (χ1v) is 6.50. The second kappa shape index (κ2) is 4.74. The monoisotopic (exact) mass is 265 g/mol. The van der Waals surface area contributed by atoms with Crippen LogP contribution in [0.3, 0.4) is 0 Å².